The first-order valence-corrected chi connectivity index (χ1v) is 6.37. The lowest BCUT2D eigenvalue weighted by atomic mass is 10.0. The molecule has 0 fully saturated rings. The molecule has 0 N–H and O–H groups in total. The fourth-order valence-electron chi connectivity index (χ4n) is 2.00. The van der Waals surface area contributed by atoms with Crippen molar-refractivity contribution in [2.45, 2.75) is 27.3 Å². The molecule has 1 heterocycles. The lowest BCUT2D eigenvalue weighted by Crippen LogP contribution is -1.96. The second-order valence-electron chi connectivity index (χ2n) is 4.39. The highest BCUT2D eigenvalue weighted by Crippen LogP contribution is 2.34. The molecule has 0 unspecified atom stereocenters. The highest BCUT2D eigenvalue weighted by atomic mass is 16.5. The van der Waals surface area contributed by atoms with Crippen molar-refractivity contribution in [3.8, 4) is 17.0 Å². The number of nitrogens with zero attached hydrogens (tertiary/aromatic N) is 4. The van der Waals surface area contributed by atoms with E-state index in [4.69, 9.17) is 14.8 Å². The maximum atomic E-state index is 8.48. The van der Waals surface area contributed by atoms with Crippen molar-refractivity contribution < 1.29 is 9.26 Å². The third-order valence-electron chi connectivity index (χ3n) is 2.97. The van der Waals surface area contributed by atoms with Crippen LogP contribution in [0.5, 0.6) is 5.75 Å². The Morgan fingerprint density at radius 1 is 1.40 bits per heavy atom. The van der Waals surface area contributed by atoms with Gasteiger partial charge in [0.25, 0.3) is 0 Å². The fraction of sp³-hybridized carbons (Fsp3) is 0.357. The van der Waals surface area contributed by atoms with E-state index in [1.54, 1.807) is 6.92 Å². The van der Waals surface area contributed by atoms with Crippen molar-refractivity contribution in [2.24, 2.45) is 5.11 Å². The second-order valence-corrected chi connectivity index (χ2v) is 4.39. The third-order valence-corrected chi connectivity index (χ3v) is 2.97. The summed E-state index contributed by atoms with van der Waals surface area (Å²) in [6.45, 7) is 6.51. The van der Waals surface area contributed by atoms with E-state index in [2.05, 4.69) is 15.2 Å². The molecule has 0 bridgehead atoms. The number of azide groups is 1. The van der Waals surface area contributed by atoms with E-state index in [9.17, 15) is 0 Å². The van der Waals surface area contributed by atoms with Crippen molar-refractivity contribution in [3.05, 3.63) is 45.5 Å². The van der Waals surface area contributed by atoms with Gasteiger partial charge in [-0.3, -0.25) is 0 Å². The van der Waals surface area contributed by atoms with Gasteiger partial charge in [-0.1, -0.05) is 21.9 Å². The van der Waals surface area contributed by atoms with Crippen LogP contribution in [0.1, 0.15) is 23.8 Å². The zero-order valence-corrected chi connectivity index (χ0v) is 11.8. The lowest BCUT2D eigenvalue weighted by molar-refractivity contribution is 0.341. The fourth-order valence-corrected chi connectivity index (χ4v) is 2.00. The summed E-state index contributed by atoms with van der Waals surface area (Å²) < 4.78 is 10.9. The molecule has 20 heavy (non-hydrogen) atoms. The zero-order valence-electron chi connectivity index (χ0n) is 11.8. The van der Waals surface area contributed by atoms with Gasteiger partial charge in [0.2, 0.25) is 0 Å². The molecule has 0 atom stereocenters. The first-order valence-electron chi connectivity index (χ1n) is 6.37. The predicted octanol–water partition coefficient (Wildman–Crippen LogP) is 4.17. The molecular weight excluding hydrogens is 256 g/mol. The number of ether oxygens (including phenoxy) is 1. The van der Waals surface area contributed by atoms with Crippen LogP contribution in [-0.2, 0) is 6.54 Å². The van der Waals surface area contributed by atoms with Crippen LogP contribution < -0.4 is 4.74 Å². The number of hydrogen-bond donors (Lipinski definition) is 0. The normalized spacial score (nSPS) is 10.2. The van der Waals surface area contributed by atoms with Crippen molar-refractivity contribution in [2.75, 3.05) is 6.61 Å². The van der Waals surface area contributed by atoms with Gasteiger partial charge in [-0.15, -0.1) is 0 Å². The third kappa shape index (κ3) is 2.75. The standard InChI is InChI=1S/C14H16N4O2/c1-4-19-13-6-5-9(2)7-11(13)14-12(8-16-18-15)10(3)20-17-14/h5-7H,4,8H2,1-3H3. The van der Waals surface area contributed by atoms with Gasteiger partial charge in [-0.05, 0) is 38.4 Å². The summed E-state index contributed by atoms with van der Waals surface area (Å²) in [7, 11) is 0. The number of aryl methyl sites for hydroxylation is 2. The van der Waals surface area contributed by atoms with E-state index in [-0.39, 0.29) is 6.54 Å². The Morgan fingerprint density at radius 2 is 2.20 bits per heavy atom. The molecule has 1 aromatic heterocycles. The summed E-state index contributed by atoms with van der Waals surface area (Å²) in [5, 5.41) is 7.68. The highest BCUT2D eigenvalue weighted by Gasteiger charge is 2.17. The van der Waals surface area contributed by atoms with Crippen LogP contribution in [0.4, 0.5) is 0 Å². The SMILES string of the molecule is CCOc1ccc(C)cc1-c1noc(C)c1CN=[N+]=[N-]. The Morgan fingerprint density at radius 3 is 2.90 bits per heavy atom. The molecule has 2 rings (SSSR count). The zero-order chi connectivity index (χ0) is 14.5. The summed E-state index contributed by atoms with van der Waals surface area (Å²) in [6.07, 6.45) is 0. The molecule has 6 nitrogen and oxygen atoms in total. The van der Waals surface area contributed by atoms with Crippen LogP contribution in [-0.4, -0.2) is 11.8 Å². The number of rotatable bonds is 5. The largest absolute Gasteiger partial charge is 0.493 e. The first-order chi connectivity index (χ1) is 9.67. The number of aromatic nitrogens is 1. The Labute approximate surface area is 117 Å². The maximum Gasteiger partial charge on any atom is 0.137 e. The quantitative estimate of drug-likeness (QED) is 0.465. The average Bonchev–Trinajstić information content (AvgIpc) is 2.80. The molecule has 104 valence electrons. The molecule has 0 saturated carbocycles. The van der Waals surface area contributed by atoms with Gasteiger partial charge < -0.3 is 9.26 Å². The molecule has 0 radical (unpaired) electrons. The summed E-state index contributed by atoms with van der Waals surface area (Å²) >= 11 is 0. The van der Waals surface area contributed by atoms with Crippen LogP contribution in [0.2, 0.25) is 0 Å². The van der Waals surface area contributed by atoms with E-state index >= 15 is 0 Å². The highest BCUT2D eigenvalue weighted by molar-refractivity contribution is 5.71. The van der Waals surface area contributed by atoms with Gasteiger partial charge in [0, 0.05) is 16.0 Å². The Balaban J connectivity index is 2.55. The van der Waals surface area contributed by atoms with E-state index < -0.39 is 0 Å². The van der Waals surface area contributed by atoms with E-state index in [0.29, 0.717) is 18.1 Å². The molecule has 0 aliphatic heterocycles. The topological polar surface area (TPSA) is 84.0 Å². The van der Waals surface area contributed by atoms with E-state index in [1.807, 2.05) is 32.0 Å². The van der Waals surface area contributed by atoms with Gasteiger partial charge in [0.15, 0.2) is 0 Å². The minimum atomic E-state index is 0.209. The van der Waals surface area contributed by atoms with Crippen molar-refractivity contribution >= 4 is 0 Å². The molecule has 0 spiro atoms. The Hall–Kier alpha value is -2.46. The van der Waals surface area contributed by atoms with Gasteiger partial charge >= 0.3 is 0 Å². The molecule has 0 amide bonds. The van der Waals surface area contributed by atoms with Crippen molar-refractivity contribution in [1.82, 2.24) is 5.16 Å². The molecule has 6 heteroatoms. The summed E-state index contributed by atoms with van der Waals surface area (Å²) in [5.41, 5.74) is 11.9. The van der Waals surface area contributed by atoms with Crippen LogP contribution in [0, 0.1) is 13.8 Å². The van der Waals surface area contributed by atoms with Crippen LogP contribution in [0.15, 0.2) is 27.8 Å². The average molecular weight is 272 g/mol. The van der Waals surface area contributed by atoms with Gasteiger partial charge in [0.1, 0.15) is 17.2 Å². The Bertz CT molecular complexity index is 657. The number of benzene rings is 1. The second kappa shape index (κ2) is 6.12. The van der Waals surface area contributed by atoms with Crippen LogP contribution >= 0.6 is 0 Å². The lowest BCUT2D eigenvalue weighted by Gasteiger charge is -2.10. The number of hydrogen-bond acceptors (Lipinski definition) is 4. The van der Waals surface area contributed by atoms with Crippen molar-refractivity contribution in [1.29, 1.82) is 0 Å². The molecule has 2 aromatic rings. The Kier molecular flexibility index (Phi) is 4.27. The summed E-state index contributed by atoms with van der Waals surface area (Å²) in [5.74, 6) is 1.39. The van der Waals surface area contributed by atoms with Crippen molar-refractivity contribution in [3.63, 3.8) is 0 Å². The monoisotopic (exact) mass is 272 g/mol. The van der Waals surface area contributed by atoms with Crippen LogP contribution in [0.25, 0.3) is 21.7 Å². The van der Waals surface area contributed by atoms with E-state index in [0.717, 1.165) is 22.4 Å². The van der Waals surface area contributed by atoms with Gasteiger partial charge in [-0.2, -0.15) is 0 Å². The maximum absolute atomic E-state index is 8.48. The molecule has 0 saturated heterocycles. The smallest absolute Gasteiger partial charge is 0.137 e. The molecule has 0 aliphatic rings. The predicted molar refractivity (Wildman–Crippen MR) is 75.4 cm³/mol. The summed E-state index contributed by atoms with van der Waals surface area (Å²) in [4.78, 5) is 2.79. The minimum absolute atomic E-state index is 0.209. The molecular formula is C14H16N4O2. The van der Waals surface area contributed by atoms with Gasteiger partial charge in [0.05, 0.1) is 13.2 Å². The minimum Gasteiger partial charge on any atom is -0.493 e. The van der Waals surface area contributed by atoms with Crippen LogP contribution in [0.3, 0.4) is 0 Å². The van der Waals surface area contributed by atoms with Gasteiger partial charge in [-0.25, -0.2) is 0 Å². The van der Waals surface area contributed by atoms with E-state index in [1.165, 1.54) is 0 Å². The first kappa shape index (κ1) is 14.0. The molecule has 0 aliphatic carbocycles. The molecule has 1 aromatic carbocycles. The summed E-state index contributed by atoms with van der Waals surface area (Å²) in [6, 6.07) is 5.88.